The normalized spacial score (nSPS) is 12.1. The Kier molecular flexibility index (Phi) is 5.70. The quantitative estimate of drug-likeness (QED) is 0.808. The summed E-state index contributed by atoms with van der Waals surface area (Å²) in [5.74, 6) is -0.190. The molecule has 0 fully saturated rings. The van der Waals surface area contributed by atoms with Crippen molar-refractivity contribution in [3.8, 4) is 0 Å². The molecule has 0 aromatic heterocycles. The van der Waals surface area contributed by atoms with Gasteiger partial charge in [0, 0.05) is 19.8 Å². The molecule has 2 amide bonds. The Morgan fingerprint density at radius 1 is 1.05 bits per heavy atom. The van der Waals surface area contributed by atoms with E-state index in [0.717, 1.165) is 5.69 Å². The minimum Gasteiger partial charge on any atom is -0.347 e. The van der Waals surface area contributed by atoms with Crippen molar-refractivity contribution in [2.24, 2.45) is 0 Å². The molecule has 1 rings (SSSR count). The third kappa shape index (κ3) is 4.06. The summed E-state index contributed by atoms with van der Waals surface area (Å²) in [7, 11) is 7.05. The van der Waals surface area contributed by atoms with E-state index in [1.165, 1.54) is 4.90 Å². The number of rotatable bonds is 5. The van der Waals surface area contributed by atoms with Gasteiger partial charge in [-0.05, 0) is 33.2 Å². The fraction of sp³-hybridized carbons (Fsp3) is 0.467. The molecule has 20 heavy (non-hydrogen) atoms. The molecule has 110 valence electrons. The molecule has 0 N–H and O–H groups in total. The molecule has 1 aromatic carbocycles. The van der Waals surface area contributed by atoms with Crippen LogP contribution in [0.2, 0.25) is 0 Å². The zero-order chi connectivity index (χ0) is 15.3. The molecule has 0 aliphatic rings. The number of benzene rings is 1. The van der Waals surface area contributed by atoms with Gasteiger partial charge in [0.05, 0.1) is 6.54 Å². The molecule has 0 aliphatic heterocycles. The minimum atomic E-state index is -0.528. The van der Waals surface area contributed by atoms with E-state index in [1.807, 2.05) is 44.4 Å². The van der Waals surface area contributed by atoms with Crippen LogP contribution in [0.1, 0.15) is 6.92 Å². The Hall–Kier alpha value is -1.88. The van der Waals surface area contributed by atoms with Crippen molar-refractivity contribution in [3.63, 3.8) is 0 Å². The maximum atomic E-state index is 12.4. The smallest absolute Gasteiger partial charge is 0.244 e. The molecule has 0 bridgehead atoms. The second kappa shape index (κ2) is 7.05. The summed E-state index contributed by atoms with van der Waals surface area (Å²) in [4.78, 5) is 29.5. The van der Waals surface area contributed by atoms with E-state index in [9.17, 15) is 9.59 Å². The van der Waals surface area contributed by atoms with Gasteiger partial charge < -0.3 is 9.80 Å². The van der Waals surface area contributed by atoms with Crippen molar-refractivity contribution >= 4 is 17.5 Å². The Morgan fingerprint density at radius 2 is 1.60 bits per heavy atom. The Morgan fingerprint density at radius 3 is 2.05 bits per heavy atom. The molecule has 0 heterocycles. The number of nitrogens with zero attached hydrogens (tertiary/aromatic N) is 3. The highest BCUT2D eigenvalue weighted by molar-refractivity contribution is 6.01. The number of hydrogen-bond acceptors (Lipinski definition) is 3. The fourth-order valence-corrected chi connectivity index (χ4v) is 2.00. The minimum absolute atomic E-state index is 0.0936. The van der Waals surface area contributed by atoms with Gasteiger partial charge in [0.2, 0.25) is 11.8 Å². The van der Waals surface area contributed by atoms with Crippen LogP contribution < -0.4 is 4.90 Å². The topological polar surface area (TPSA) is 43.9 Å². The monoisotopic (exact) mass is 277 g/mol. The van der Waals surface area contributed by atoms with Crippen LogP contribution in [-0.4, -0.2) is 62.4 Å². The summed E-state index contributed by atoms with van der Waals surface area (Å²) in [6.07, 6.45) is 0. The van der Waals surface area contributed by atoms with E-state index in [0.29, 0.717) is 0 Å². The predicted octanol–water partition coefficient (Wildman–Crippen LogP) is 1.06. The highest BCUT2D eigenvalue weighted by Gasteiger charge is 2.28. The van der Waals surface area contributed by atoms with Crippen LogP contribution in [0.25, 0.3) is 0 Å². The molecule has 0 aliphatic carbocycles. The van der Waals surface area contributed by atoms with E-state index in [1.54, 1.807) is 30.8 Å². The summed E-state index contributed by atoms with van der Waals surface area (Å²) >= 11 is 0. The van der Waals surface area contributed by atoms with E-state index in [4.69, 9.17) is 0 Å². The summed E-state index contributed by atoms with van der Waals surface area (Å²) < 4.78 is 0. The highest BCUT2D eigenvalue weighted by atomic mass is 16.2. The predicted molar refractivity (Wildman–Crippen MR) is 80.6 cm³/mol. The molecule has 1 unspecified atom stereocenters. The van der Waals surface area contributed by atoms with Crippen LogP contribution in [0, 0.1) is 0 Å². The van der Waals surface area contributed by atoms with Crippen molar-refractivity contribution < 1.29 is 9.59 Å². The van der Waals surface area contributed by atoms with Gasteiger partial charge in [0.1, 0.15) is 6.04 Å². The molecule has 0 saturated carbocycles. The van der Waals surface area contributed by atoms with Crippen molar-refractivity contribution in [2.75, 3.05) is 39.6 Å². The van der Waals surface area contributed by atoms with E-state index in [-0.39, 0.29) is 18.4 Å². The molecular weight excluding hydrogens is 254 g/mol. The average Bonchev–Trinajstić information content (AvgIpc) is 2.38. The first-order chi connectivity index (χ1) is 9.34. The lowest BCUT2D eigenvalue weighted by atomic mass is 10.2. The molecule has 5 heteroatoms. The van der Waals surface area contributed by atoms with Crippen LogP contribution in [0.3, 0.4) is 0 Å². The maximum absolute atomic E-state index is 12.4. The van der Waals surface area contributed by atoms with Gasteiger partial charge in [-0.3, -0.25) is 14.5 Å². The van der Waals surface area contributed by atoms with Gasteiger partial charge in [-0.2, -0.15) is 0 Å². The fourth-order valence-electron chi connectivity index (χ4n) is 2.00. The summed E-state index contributed by atoms with van der Waals surface area (Å²) in [6, 6.07) is 8.76. The third-order valence-electron chi connectivity index (χ3n) is 2.94. The third-order valence-corrected chi connectivity index (χ3v) is 2.94. The molecule has 0 spiro atoms. The van der Waals surface area contributed by atoms with Gasteiger partial charge in [0.25, 0.3) is 0 Å². The Balaban J connectivity index is 3.08. The second-order valence-electron chi connectivity index (χ2n) is 5.25. The van der Waals surface area contributed by atoms with E-state index >= 15 is 0 Å². The van der Waals surface area contributed by atoms with E-state index in [2.05, 4.69) is 0 Å². The Labute approximate surface area is 120 Å². The Bertz CT molecular complexity index is 457. The average molecular weight is 277 g/mol. The van der Waals surface area contributed by atoms with Crippen LogP contribution in [0.15, 0.2) is 30.3 Å². The van der Waals surface area contributed by atoms with Gasteiger partial charge in [-0.15, -0.1) is 0 Å². The number of carbonyl (C=O) groups is 2. The largest absolute Gasteiger partial charge is 0.347 e. The SMILES string of the molecule is CC(C(=O)N(C)C)N(C(=O)CN(C)C)c1ccccc1. The first-order valence-corrected chi connectivity index (χ1v) is 6.57. The first-order valence-electron chi connectivity index (χ1n) is 6.57. The molecular formula is C15H23N3O2. The lowest BCUT2D eigenvalue weighted by Crippen LogP contribution is -2.50. The van der Waals surface area contributed by atoms with Crippen LogP contribution >= 0.6 is 0 Å². The molecule has 0 radical (unpaired) electrons. The zero-order valence-corrected chi connectivity index (χ0v) is 12.8. The van der Waals surface area contributed by atoms with Gasteiger partial charge in [-0.1, -0.05) is 18.2 Å². The van der Waals surface area contributed by atoms with Crippen molar-refractivity contribution in [2.45, 2.75) is 13.0 Å². The maximum Gasteiger partial charge on any atom is 0.244 e. The number of hydrogen-bond donors (Lipinski definition) is 0. The number of anilines is 1. The van der Waals surface area contributed by atoms with Crippen molar-refractivity contribution in [1.29, 1.82) is 0 Å². The number of para-hydroxylation sites is 1. The van der Waals surface area contributed by atoms with Crippen LogP contribution in [0.4, 0.5) is 5.69 Å². The summed E-state index contributed by atoms with van der Waals surface area (Å²) in [5, 5.41) is 0. The van der Waals surface area contributed by atoms with Gasteiger partial charge in [0.15, 0.2) is 0 Å². The lowest BCUT2D eigenvalue weighted by molar-refractivity contribution is -0.132. The van der Waals surface area contributed by atoms with Gasteiger partial charge >= 0.3 is 0 Å². The molecule has 5 nitrogen and oxygen atoms in total. The standard InChI is InChI=1S/C15H23N3O2/c1-12(15(20)17(4)5)18(14(19)11-16(2)3)13-9-7-6-8-10-13/h6-10,12H,11H2,1-5H3. The van der Waals surface area contributed by atoms with Crippen molar-refractivity contribution in [3.05, 3.63) is 30.3 Å². The second-order valence-corrected chi connectivity index (χ2v) is 5.25. The van der Waals surface area contributed by atoms with Crippen molar-refractivity contribution in [1.82, 2.24) is 9.80 Å². The number of amides is 2. The van der Waals surface area contributed by atoms with Crippen LogP contribution in [-0.2, 0) is 9.59 Å². The zero-order valence-electron chi connectivity index (χ0n) is 12.8. The highest BCUT2D eigenvalue weighted by Crippen LogP contribution is 2.18. The lowest BCUT2D eigenvalue weighted by Gasteiger charge is -2.31. The molecule has 1 atom stereocenters. The molecule has 1 aromatic rings. The summed E-state index contributed by atoms with van der Waals surface area (Å²) in [6.45, 7) is 2.02. The molecule has 0 saturated heterocycles. The van der Waals surface area contributed by atoms with Gasteiger partial charge in [-0.25, -0.2) is 0 Å². The first kappa shape index (κ1) is 16.2. The van der Waals surface area contributed by atoms with E-state index < -0.39 is 6.04 Å². The van der Waals surface area contributed by atoms with Crippen LogP contribution in [0.5, 0.6) is 0 Å². The number of carbonyl (C=O) groups excluding carboxylic acids is 2. The number of likely N-dealkylation sites (N-methyl/N-ethyl adjacent to an activating group) is 2. The summed E-state index contributed by atoms with van der Waals surface area (Å²) in [5.41, 5.74) is 0.738.